The molecule has 0 fully saturated rings. The van der Waals surface area contributed by atoms with Crippen molar-refractivity contribution in [3.05, 3.63) is 34.9 Å². The Morgan fingerprint density at radius 1 is 1.47 bits per heavy atom. The highest BCUT2D eigenvalue weighted by Crippen LogP contribution is 2.16. The Bertz CT molecular complexity index is 389. The molecule has 1 rings (SSSR count). The smallest absolute Gasteiger partial charge is 0.141 e. The molecule has 0 radical (unpaired) electrons. The molecule has 1 unspecified atom stereocenters. The van der Waals surface area contributed by atoms with Crippen molar-refractivity contribution in [1.82, 2.24) is 5.32 Å². The summed E-state index contributed by atoms with van der Waals surface area (Å²) in [5.41, 5.74) is 1.14. The summed E-state index contributed by atoms with van der Waals surface area (Å²) < 4.78 is 5.25. The maximum atomic E-state index is 8.54. The highest BCUT2D eigenvalue weighted by Gasteiger charge is 2.05. The van der Waals surface area contributed by atoms with Gasteiger partial charge >= 0.3 is 0 Å². The summed E-state index contributed by atoms with van der Waals surface area (Å²) in [4.78, 5) is 0. The lowest BCUT2D eigenvalue weighted by atomic mass is 10.1. The summed E-state index contributed by atoms with van der Waals surface area (Å²) in [6.45, 7) is 5.04. The van der Waals surface area contributed by atoms with Crippen LogP contribution in [0.5, 0.6) is 0 Å². The normalized spacial score (nSPS) is 14.0. The first kappa shape index (κ1) is 14.0. The van der Waals surface area contributed by atoms with Gasteiger partial charge in [0.2, 0.25) is 0 Å². The van der Waals surface area contributed by atoms with Gasteiger partial charge in [-0.3, -0.25) is 0 Å². The van der Waals surface area contributed by atoms with Crippen LogP contribution in [0, 0.1) is 11.3 Å². The molecule has 0 aliphatic carbocycles. The van der Waals surface area contributed by atoms with Crippen molar-refractivity contribution in [2.45, 2.75) is 26.0 Å². The third-order valence-electron chi connectivity index (χ3n) is 2.45. The Morgan fingerprint density at radius 2 is 2.24 bits per heavy atom. The summed E-state index contributed by atoms with van der Waals surface area (Å²) in [5.74, 6) is 0. The first-order chi connectivity index (χ1) is 8.13. The van der Waals surface area contributed by atoms with E-state index >= 15 is 0 Å². The average Bonchev–Trinajstić information content (AvgIpc) is 2.34. The lowest BCUT2D eigenvalue weighted by molar-refractivity contribution is 0.103. The van der Waals surface area contributed by atoms with E-state index < -0.39 is 0 Å². The molecule has 0 aliphatic rings. The molecular formula is C13H17ClN2O. The maximum Gasteiger partial charge on any atom is 0.141 e. The number of hydrogen-bond donors (Lipinski definition) is 1. The first-order valence-corrected chi connectivity index (χ1v) is 6.01. The zero-order valence-corrected chi connectivity index (χ0v) is 10.9. The van der Waals surface area contributed by atoms with Gasteiger partial charge < -0.3 is 10.1 Å². The van der Waals surface area contributed by atoms with Crippen molar-refractivity contribution in [3.8, 4) is 6.07 Å². The fourth-order valence-electron chi connectivity index (χ4n) is 1.44. The first-order valence-electron chi connectivity index (χ1n) is 5.63. The fraction of sp³-hybridized carbons (Fsp3) is 0.462. The number of nitrogens with one attached hydrogen (secondary N) is 1. The van der Waals surface area contributed by atoms with Crippen LogP contribution in [-0.2, 0) is 4.74 Å². The summed E-state index contributed by atoms with van der Waals surface area (Å²) in [6.07, 6.45) is -0.349. The summed E-state index contributed by atoms with van der Waals surface area (Å²) in [6, 6.07) is 10.0. The minimum absolute atomic E-state index is 0.217. The minimum atomic E-state index is -0.349. The Balaban J connectivity index is 2.31. The van der Waals surface area contributed by atoms with Crippen LogP contribution in [0.4, 0.5) is 0 Å². The van der Waals surface area contributed by atoms with E-state index in [2.05, 4.69) is 12.2 Å². The van der Waals surface area contributed by atoms with Crippen molar-refractivity contribution in [2.24, 2.45) is 0 Å². The van der Waals surface area contributed by atoms with Crippen molar-refractivity contribution >= 4 is 11.6 Å². The van der Waals surface area contributed by atoms with E-state index in [1.54, 1.807) is 6.92 Å². The maximum absolute atomic E-state index is 8.54. The molecular weight excluding hydrogens is 236 g/mol. The highest BCUT2D eigenvalue weighted by atomic mass is 35.5. The van der Waals surface area contributed by atoms with Gasteiger partial charge in [0.05, 0.1) is 12.7 Å². The highest BCUT2D eigenvalue weighted by molar-refractivity contribution is 6.30. The van der Waals surface area contributed by atoms with Gasteiger partial charge in [0.15, 0.2) is 0 Å². The third-order valence-corrected chi connectivity index (χ3v) is 2.69. The molecule has 17 heavy (non-hydrogen) atoms. The van der Waals surface area contributed by atoms with Crippen LogP contribution in [0.3, 0.4) is 0 Å². The molecule has 0 spiro atoms. The average molecular weight is 253 g/mol. The van der Waals surface area contributed by atoms with E-state index in [-0.39, 0.29) is 12.1 Å². The van der Waals surface area contributed by atoms with Crippen LogP contribution in [0.1, 0.15) is 25.5 Å². The minimum Gasteiger partial charge on any atom is -0.362 e. The van der Waals surface area contributed by atoms with E-state index in [4.69, 9.17) is 21.6 Å². The summed E-state index contributed by atoms with van der Waals surface area (Å²) in [5, 5.41) is 12.6. The molecule has 0 amide bonds. The second-order valence-corrected chi connectivity index (χ2v) is 4.31. The summed E-state index contributed by atoms with van der Waals surface area (Å²) in [7, 11) is 0. The quantitative estimate of drug-likeness (QED) is 0.792. The van der Waals surface area contributed by atoms with Gasteiger partial charge in [-0.2, -0.15) is 5.26 Å². The molecule has 3 nitrogen and oxygen atoms in total. The van der Waals surface area contributed by atoms with Crippen molar-refractivity contribution in [2.75, 3.05) is 13.2 Å². The van der Waals surface area contributed by atoms with Gasteiger partial charge in [0.1, 0.15) is 6.10 Å². The SMILES string of the molecule is CC(C#N)OCCN[C@@H](C)c1cccc(Cl)c1. The molecule has 0 heterocycles. The second kappa shape index (κ2) is 7.29. The van der Waals surface area contributed by atoms with E-state index in [1.165, 1.54) is 0 Å². The fourth-order valence-corrected chi connectivity index (χ4v) is 1.64. The summed E-state index contributed by atoms with van der Waals surface area (Å²) >= 11 is 5.92. The van der Waals surface area contributed by atoms with E-state index in [1.807, 2.05) is 30.3 Å². The van der Waals surface area contributed by atoms with Crippen LogP contribution in [0.15, 0.2) is 24.3 Å². The Morgan fingerprint density at radius 3 is 2.88 bits per heavy atom. The lowest BCUT2D eigenvalue weighted by Crippen LogP contribution is -2.24. The van der Waals surface area contributed by atoms with Crippen LogP contribution < -0.4 is 5.32 Å². The molecule has 1 aromatic carbocycles. The molecule has 0 saturated heterocycles. The molecule has 0 bridgehead atoms. The molecule has 2 atom stereocenters. The van der Waals surface area contributed by atoms with Gasteiger partial charge in [0, 0.05) is 17.6 Å². The van der Waals surface area contributed by atoms with Gasteiger partial charge in [-0.1, -0.05) is 23.7 Å². The Labute approximate surface area is 107 Å². The molecule has 0 aliphatic heterocycles. The molecule has 1 N–H and O–H groups in total. The number of hydrogen-bond acceptors (Lipinski definition) is 3. The Hall–Kier alpha value is -1.08. The van der Waals surface area contributed by atoms with Crippen molar-refractivity contribution < 1.29 is 4.74 Å². The van der Waals surface area contributed by atoms with Crippen LogP contribution in [0.25, 0.3) is 0 Å². The zero-order chi connectivity index (χ0) is 12.7. The van der Waals surface area contributed by atoms with Gasteiger partial charge in [-0.05, 0) is 31.5 Å². The van der Waals surface area contributed by atoms with Crippen LogP contribution >= 0.6 is 11.6 Å². The van der Waals surface area contributed by atoms with Crippen molar-refractivity contribution in [3.63, 3.8) is 0 Å². The lowest BCUT2D eigenvalue weighted by Gasteiger charge is -2.15. The predicted molar refractivity (Wildman–Crippen MR) is 68.9 cm³/mol. The largest absolute Gasteiger partial charge is 0.362 e. The van der Waals surface area contributed by atoms with Crippen LogP contribution in [0.2, 0.25) is 5.02 Å². The molecule has 1 aromatic rings. The number of nitrogens with zero attached hydrogens (tertiary/aromatic N) is 1. The van der Waals surface area contributed by atoms with Gasteiger partial charge in [-0.15, -0.1) is 0 Å². The third kappa shape index (κ3) is 5.18. The standard InChI is InChI=1S/C13H17ClN2O/c1-10(9-15)17-7-6-16-11(2)12-4-3-5-13(14)8-12/h3-5,8,10-11,16H,6-7H2,1-2H3/t10?,11-/m0/s1. The second-order valence-electron chi connectivity index (χ2n) is 3.87. The Kier molecular flexibility index (Phi) is 5.99. The van der Waals surface area contributed by atoms with Crippen molar-refractivity contribution in [1.29, 1.82) is 5.26 Å². The molecule has 4 heteroatoms. The van der Waals surface area contributed by atoms with E-state index in [0.717, 1.165) is 10.6 Å². The van der Waals surface area contributed by atoms with E-state index in [0.29, 0.717) is 13.2 Å². The monoisotopic (exact) mass is 252 g/mol. The van der Waals surface area contributed by atoms with E-state index in [9.17, 15) is 0 Å². The zero-order valence-electron chi connectivity index (χ0n) is 10.1. The number of halogens is 1. The van der Waals surface area contributed by atoms with Gasteiger partial charge in [-0.25, -0.2) is 0 Å². The van der Waals surface area contributed by atoms with Crippen LogP contribution in [-0.4, -0.2) is 19.3 Å². The number of nitriles is 1. The van der Waals surface area contributed by atoms with Gasteiger partial charge in [0.25, 0.3) is 0 Å². The number of ether oxygens (including phenoxy) is 1. The topological polar surface area (TPSA) is 45.0 Å². The predicted octanol–water partition coefficient (Wildman–Crippen LogP) is 2.92. The molecule has 92 valence electrons. The number of rotatable bonds is 6. The number of benzene rings is 1. The molecule has 0 saturated carbocycles. The molecule has 0 aromatic heterocycles.